The van der Waals surface area contributed by atoms with Gasteiger partial charge in [0, 0.05) is 25.6 Å². The molecule has 2 heterocycles. The number of nitrogens with zero attached hydrogens (tertiary/aromatic N) is 2. The first-order chi connectivity index (χ1) is 12.3. The molecule has 140 valence electrons. The van der Waals surface area contributed by atoms with Gasteiger partial charge in [0.15, 0.2) is 13.2 Å². The number of ether oxygens (including phenoxy) is 2. The smallest absolute Gasteiger partial charge is 0.417 e. The van der Waals surface area contributed by atoms with Crippen molar-refractivity contribution in [3.05, 3.63) is 24.3 Å². The maximum Gasteiger partial charge on any atom is 0.417 e. The Bertz CT molecular complexity index is 815. The molecule has 1 aromatic rings. The molecule has 2 saturated heterocycles. The number of cyclic esters (lactones) is 1. The van der Waals surface area contributed by atoms with Gasteiger partial charge in [0.1, 0.15) is 5.75 Å². The van der Waals surface area contributed by atoms with E-state index in [-0.39, 0.29) is 43.7 Å². The van der Waals surface area contributed by atoms with Gasteiger partial charge in [-0.1, -0.05) is 0 Å². The summed E-state index contributed by atoms with van der Waals surface area (Å²) in [6.07, 6.45) is -0.692. The molecule has 0 saturated carbocycles. The van der Waals surface area contributed by atoms with Gasteiger partial charge in [-0.15, -0.1) is 0 Å². The minimum absolute atomic E-state index is 0.0824. The molecule has 11 heteroatoms. The van der Waals surface area contributed by atoms with Crippen molar-refractivity contribution in [1.29, 1.82) is 0 Å². The third kappa shape index (κ3) is 3.63. The van der Waals surface area contributed by atoms with Crippen LogP contribution in [0.15, 0.2) is 29.2 Å². The molecule has 0 atom stereocenters. The van der Waals surface area contributed by atoms with Crippen LogP contribution in [0.4, 0.5) is 4.79 Å². The summed E-state index contributed by atoms with van der Waals surface area (Å²) < 4.78 is 36.1. The average molecular weight is 383 g/mol. The highest BCUT2D eigenvalue weighted by molar-refractivity contribution is 7.89. The molecular formula is C15H17N3O7S. The molecule has 0 aromatic heterocycles. The van der Waals surface area contributed by atoms with E-state index >= 15 is 0 Å². The second-order valence-electron chi connectivity index (χ2n) is 5.97. The highest BCUT2D eigenvalue weighted by Crippen LogP contribution is 2.27. The van der Waals surface area contributed by atoms with Crippen molar-refractivity contribution in [2.75, 3.05) is 32.8 Å². The molecule has 0 aliphatic carbocycles. The van der Waals surface area contributed by atoms with Crippen molar-refractivity contribution in [3.8, 4) is 5.75 Å². The van der Waals surface area contributed by atoms with Crippen LogP contribution in [0.5, 0.6) is 5.75 Å². The van der Waals surface area contributed by atoms with Gasteiger partial charge in [0.05, 0.1) is 4.90 Å². The summed E-state index contributed by atoms with van der Waals surface area (Å²) in [5.41, 5.74) is 4.97. The summed E-state index contributed by atoms with van der Waals surface area (Å²) in [5, 5.41) is 0. The quantitative estimate of drug-likeness (QED) is 0.647. The first-order valence-electron chi connectivity index (χ1n) is 7.76. The number of carbonyl (C=O) groups excluding carboxylic acids is 3. The minimum Gasteiger partial charge on any atom is -0.484 e. The Balaban J connectivity index is 1.57. The van der Waals surface area contributed by atoms with Crippen molar-refractivity contribution < 1.29 is 32.3 Å². The van der Waals surface area contributed by atoms with Gasteiger partial charge in [-0.3, -0.25) is 9.59 Å². The molecule has 1 aromatic carbocycles. The van der Waals surface area contributed by atoms with E-state index in [1.165, 1.54) is 28.6 Å². The van der Waals surface area contributed by atoms with E-state index in [1.54, 1.807) is 0 Å². The number of hydrogen-bond acceptors (Lipinski definition) is 7. The molecule has 0 bridgehead atoms. The molecule has 0 spiro atoms. The lowest BCUT2D eigenvalue weighted by atomic mass is 10.0. The lowest BCUT2D eigenvalue weighted by Crippen LogP contribution is -2.54. The summed E-state index contributed by atoms with van der Waals surface area (Å²) >= 11 is 0. The number of sulfonamides is 1. The van der Waals surface area contributed by atoms with Crippen LogP contribution in [0.2, 0.25) is 0 Å². The monoisotopic (exact) mass is 383 g/mol. The standard InChI is InChI=1S/C15H17N3O7S/c16-13(19)8-24-11-1-3-12(4-2-11)26(22,23)17-5-10(6-17)7-18-14(20)9-25-15(18)21/h1-4,10H,5-9H2,(H2,16,19). The van der Waals surface area contributed by atoms with Crippen molar-refractivity contribution in [2.24, 2.45) is 11.7 Å². The van der Waals surface area contributed by atoms with Gasteiger partial charge in [-0.25, -0.2) is 18.1 Å². The van der Waals surface area contributed by atoms with Crippen LogP contribution in [0.3, 0.4) is 0 Å². The highest BCUT2D eigenvalue weighted by atomic mass is 32.2. The van der Waals surface area contributed by atoms with Crippen LogP contribution in [0.25, 0.3) is 0 Å². The topological polar surface area (TPSA) is 136 Å². The SMILES string of the molecule is NC(=O)COc1ccc(S(=O)(=O)N2CC(CN3C(=O)COC3=O)C2)cc1. The van der Waals surface area contributed by atoms with Gasteiger partial charge >= 0.3 is 6.09 Å². The van der Waals surface area contributed by atoms with E-state index in [9.17, 15) is 22.8 Å². The lowest BCUT2D eigenvalue weighted by molar-refractivity contribution is -0.126. The van der Waals surface area contributed by atoms with Gasteiger partial charge in [0.2, 0.25) is 10.0 Å². The van der Waals surface area contributed by atoms with Crippen LogP contribution < -0.4 is 10.5 Å². The molecule has 0 radical (unpaired) electrons. The second kappa shape index (κ2) is 6.92. The van der Waals surface area contributed by atoms with E-state index < -0.39 is 27.9 Å². The van der Waals surface area contributed by atoms with E-state index in [1.807, 2.05) is 0 Å². The Labute approximate surface area is 149 Å². The summed E-state index contributed by atoms with van der Waals surface area (Å²) in [5.74, 6) is -0.843. The van der Waals surface area contributed by atoms with E-state index in [2.05, 4.69) is 4.74 Å². The molecule has 3 amide bonds. The van der Waals surface area contributed by atoms with Crippen molar-refractivity contribution in [2.45, 2.75) is 4.90 Å². The molecule has 2 aliphatic rings. The fraction of sp³-hybridized carbons (Fsp3) is 0.400. The van der Waals surface area contributed by atoms with Crippen LogP contribution >= 0.6 is 0 Å². The predicted molar refractivity (Wildman–Crippen MR) is 86.4 cm³/mol. The molecule has 10 nitrogen and oxygen atoms in total. The molecule has 2 N–H and O–H groups in total. The number of primary amides is 1. The number of nitrogens with two attached hydrogens (primary N) is 1. The highest BCUT2D eigenvalue weighted by Gasteiger charge is 2.41. The average Bonchev–Trinajstić information content (AvgIpc) is 2.87. The van der Waals surface area contributed by atoms with Gasteiger partial charge < -0.3 is 15.2 Å². The predicted octanol–water partition coefficient (Wildman–Crippen LogP) is -0.850. The minimum atomic E-state index is -3.68. The number of imide groups is 1. The third-order valence-electron chi connectivity index (χ3n) is 4.05. The van der Waals surface area contributed by atoms with E-state index in [4.69, 9.17) is 10.5 Å². The summed E-state index contributed by atoms with van der Waals surface area (Å²) in [6, 6.07) is 5.62. The van der Waals surface area contributed by atoms with Crippen molar-refractivity contribution in [1.82, 2.24) is 9.21 Å². The molecule has 2 fully saturated rings. The molecule has 26 heavy (non-hydrogen) atoms. The maximum atomic E-state index is 12.5. The van der Waals surface area contributed by atoms with Gasteiger partial charge in [0.25, 0.3) is 11.8 Å². The fourth-order valence-electron chi connectivity index (χ4n) is 2.66. The van der Waals surface area contributed by atoms with Crippen LogP contribution in [-0.4, -0.2) is 68.4 Å². The number of hydrogen-bond donors (Lipinski definition) is 1. The van der Waals surface area contributed by atoms with Crippen molar-refractivity contribution >= 4 is 27.9 Å². The second-order valence-corrected chi connectivity index (χ2v) is 7.91. The Hall–Kier alpha value is -2.66. The van der Waals surface area contributed by atoms with Gasteiger partial charge in [-0.2, -0.15) is 4.31 Å². The number of carbonyl (C=O) groups is 3. The zero-order valence-corrected chi connectivity index (χ0v) is 14.5. The number of benzene rings is 1. The Morgan fingerprint density at radius 1 is 1.23 bits per heavy atom. The van der Waals surface area contributed by atoms with Gasteiger partial charge in [-0.05, 0) is 24.3 Å². The summed E-state index contributed by atoms with van der Waals surface area (Å²) in [4.78, 5) is 34.6. The molecule has 2 aliphatic heterocycles. The van der Waals surface area contributed by atoms with Crippen LogP contribution in [0.1, 0.15) is 0 Å². The Morgan fingerprint density at radius 2 is 1.88 bits per heavy atom. The first-order valence-corrected chi connectivity index (χ1v) is 9.20. The Kier molecular flexibility index (Phi) is 4.83. The molecule has 3 rings (SSSR count). The molecular weight excluding hydrogens is 366 g/mol. The molecule has 0 unspecified atom stereocenters. The summed E-state index contributed by atoms with van der Waals surface area (Å²) in [6.45, 7) is -0.00246. The zero-order valence-electron chi connectivity index (χ0n) is 13.7. The Morgan fingerprint density at radius 3 is 2.42 bits per heavy atom. The van der Waals surface area contributed by atoms with E-state index in [0.29, 0.717) is 5.75 Å². The van der Waals surface area contributed by atoms with E-state index in [0.717, 1.165) is 4.90 Å². The summed E-state index contributed by atoms with van der Waals surface area (Å²) in [7, 11) is -3.68. The third-order valence-corrected chi connectivity index (χ3v) is 5.89. The largest absolute Gasteiger partial charge is 0.484 e. The number of amides is 3. The normalized spacial score (nSPS) is 18.5. The lowest BCUT2D eigenvalue weighted by Gasteiger charge is -2.39. The zero-order chi connectivity index (χ0) is 18.9. The maximum absolute atomic E-state index is 12.5. The van der Waals surface area contributed by atoms with Crippen LogP contribution in [-0.2, 0) is 24.3 Å². The fourth-order valence-corrected chi connectivity index (χ4v) is 4.25. The van der Waals surface area contributed by atoms with Crippen LogP contribution in [0, 0.1) is 5.92 Å². The number of rotatable bonds is 7. The first kappa shape index (κ1) is 18.1. The van der Waals surface area contributed by atoms with Crippen molar-refractivity contribution in [3.63, 3.8) is 0 Å².